The van der Waals surface area contributed by atoms with Gasteiger partial charge in [0.15, 0.2) is 0 Å². The molecule has 1 N–H and O–H groups in total. The second-order valence-corrected chi connectivity index (χ2v) is 10.8. The highest BCUT2D eigenvalue weighted by Crippen LogP contribution is 2.24. The van der Waals surface area contributed by atoms with Crippen molar-refractivity contribution in [3.05, 3.63) is 50.4 Å². The van der Waals surface area contributed by atoms with Gasteiger partial charge in [-0.2, -0.15) is 4.31 Å². The molecule has 1 saturated heterocycles. The lowest BCUT2D eigenvalue weighted by Crippen LogP contribution is -2.36. The Hall–Kier alpha value is -1.29. The number of nitrogens with one attached hydrogen (secondary N) is 1. The van der Waals surface area contributed by atoms with Crippen LogP contribution >= 0.6 is 27.3 Å². The van der Waals surface area contributed by atoms with Gasteiger partial charge in [0.25, 0.3) is 5.91 Å². The number of rotatable bonds is 6. The number of hydrogen-bond acceptors (Lipinski definition) is 4. The monoisotopic (exact) mass is 474 g/mol. The summed E-state index contributed by atoms with van der Waals surface area (Å²) in [5.74, 6) is -1.25. The van der Waals surface area contributed by atoms with E-state index in [4.69, 9.17) is 0 Å². The number of benzene rings is 1. The number of nitrogens with zero attached hydrogens (tertiary/aromatic N) is 1. The van der Waals surface area contributed by atoms with Crippen LogP contribution in [0.25, 0.3) is 0 Å². The average Bonchev–Trinajstić information content (AvgIpc) is 3.07. The van der Waals surface area contributed by atoms with E-state index in [1.807, 2.05) is 12.1 Å². The SMILES string of the molecule is O=C(NCCc1ccc(Br)s1)c1ccc(F)c(S(=O)(=O)N2CCCCC2)c1. The third-order valence-corrected chi connectivity index (χ3v) is 8.01. The minimum atomic E-state index is -3.93. The van der Waals surface area contributed by atoms with Gasteiger partial charge in [-0.05, 0) is 65.5 Å². The van der Waals surface area contributed by atoms with Crippen LogP contribution in [0.4, 0.5) is 4.39 Å². The number of halogens is 2. The Kier molecular flexibility index (Phi) is 6.67. The molecule has 9 heteroatoms. The fourth-order valence-corrected chi connectivity index (χ4v) is 6.06. The molecule has 0 spiro atoms. The molecular formula is C18H20BrFN2O3S2. The fourth-order valence-electron chi connectivity index (χ4n) is 2.97. The van der Waals surface area contributed by atoms with Crippen molar-refractivity contribution in [1.29, 1.82) is 0 Å². The molecule has 0 unspecified atom stereocenters. The molecule has 1 fully saturated rings. The molecule has 0 aliphatic carbocycles. The molecule has 0 atom stereocenters. The zero-order valence-electron chi connectivity index (χ0n) is 14.6. The van der Waals surface area contributed by atoms with Crippen LogP contribution < -0.4 is 5.32 Å². The fraction of sp³-hybridized carbons (Fsp3) is 0.389. The van der Waals surface area contributed by atoms with Gasteiger partial charge in [-0.15, -0.1) is 11.3 Å². The van der Waals surface area contributed by atoms with E-state index in [0.717, 1.165) is 40.1 Å². The smallest absolute Gasteiger partial charge is 0.251 e. The van der Waals surface area contributed by atoms with Gasteiger partial charge in [0, 0.05) is 30.1 Å². The summed E-state index contributed by atoms with van der Waals surface area (Å²) < 4.78 is 42.0. The summed E-state index contributed by atoms with van der Waals surface area (Å²) in [6.45, 7) is 1.18. The van der Waals surface area contributed by atoms with E-state index >= 15 is 0 Å². The number of piperidine rings is 1. The zero-order chi connectivity index (χ0) is 19.4. The number of carbonyl (C=O) groups excluding carboxylic acids is 1. The van der Waals surface area contributed by atoms with Gasteiger partial charge in [-0.1, -0.05) is 6.42 Å². The van der Waals surface area contributed by atoms with E-state index in [1.54, 1.807) is 11.3 Å². The third-order valence-electron chi connectivity index (χ3n) is 4.41. The van der Waals surface area contributed by atoms with Crippen LogP contribution in [0.3, 0.4) is 0 Å². The van der Waals surface area contributed by atoms with Gasteiger partial charge in [-0.3, -0.25) is 4.79 Å². The molecule has 1 aromatic heterocycles. The van der Waals surface area contributed by atoms with Gasteiger partial charge in [0.05, 0.1) is 3.79 Å². The maximum Gasteiger partial charge on any atom is 0.251 e. The molecule has 1 amide bonds. The molecular weight excluding hydrogens is 455 g/mol. The number of hydrogen-bond donors (Lipinski definition) is 1. The Morgan fingerprint density at radius 2 is 1.93 bits per heavy atom. The molecule has 1 aliphatic heterocycles. The standard InChI is InChI=1S/C18H20BrFN2O3S2/c19-17-7-5-14(26-17)8-9-21-18(23)13-4-6-15(20)16(12-13)27(24,25)22-10-2-1-3-11-22/h4-7,12H,1-3,8-11H2,(H,21,23). The molecule has 1 aromatic carbocycles. The first-order valence-electron chi connectivity index (χ1n) is 8.70. The molecule has 3 rings (SSSR count). The summed E-state index contributed by atoms with van der Waals surface area (Å²) in [5, 5.41) is 2.76. The van der Waals surface area contributed by atoms with Crippen molar-refractivity contribution in [2.45, 2.75) is 30.6 Å². The highest BCUT2D eigenvalue weighted by molar-refractivity contribution is 9.11. The van der Waals surface area contributed by atoms with Crippen molar-refractivity contribution in [1.82, 2.24) is 9.62 Å². The maximum atomic E-state index is 14.2. The van der Waals surface area contributed by atoms with E-state index in [9.17, 15) is 17.6 Å². The Labute approximate surface area is 170 Å². The van der Waals surface area contributed by atoms with Crippen LogP contribution in [-0.4, -0.2) is 38.3 Å². The Bertz CT molecular complexity index is 924. The predicted molar refractivity (Wildman–Crippen MR) is 107 cm³/mol. The van der Waals surface area contributed by atoms with Gasteiger partial charge >= 0.3 is 0 Å². The van der Waals surface area contributed by atoms with Crippen LogP contribution in [0.15, 0.2) is 39.0 Å². The number of carbonyl (C=O) groups is 1. The lowest BCUT2D eigenvalue weighted by molar-refractivity contribution is 0.0954. The van der Waals surface area contributed by atoms with Crippen LogP contribution in [0.5, 0.6) is 0 Å². The van der Waals surface area contributed by atoms with Crippen molar-refractivity contribution < 1.29 is 17.6 Å². The Morgan fingerprint density at radius 3 is 2.59 bits per heavy atom. The van der Waals surface area contributed by atoms with E-state index in [2.05, 4.69) is 21.2 Å². The van der Waals surface area contributed by atoms with Crippen molar-refractivity contribution >= 4 is 43.2 Å². The summed E-state index contributed by atoms with van der Waals surface area (Å²) in [6, 6.07) is 7.40. The number of amides is 1. The first-order chi connectivity index (χ1) is 12.9. The zero-order valence-corrected chi connectivity index (χ0v) is 17.8. The highest BCUT2D eigenvalue weighted by Gasteiger charge is 2.29. The number of sulfonamides is 1. The lowest BCUT2D eigenvalue weighted by Gasteiger charge is -2.26. The van der Waals surface area contributed by atoms with Gasteiger partial charge in [0.1, 0.15) is 10.7 Å². The van der Waals surface area contributed by atoms with Gasteiger partial charge < -0.3 is 5.32 Å². The van der Waals surface area contributed by atoms with Crippen molar-refractivity contribution in [2.24, 2.45) is 0 Å². The molecule has 0 saturated carbocycles. The van der Waals surface area contributed by atoms with E-state index < -0.39 is 26.6 Å². The average molecular weight is 475 g/mol. The molecule has 1 aliphatic rings. The van der Waals surface area contributed by atoms with E-state index in [0.29, 0.717) is 26.1 Å². The van der Waals surface area contributed by atoms with Crippen molar-refractivity contribution in [3.8, 4) is 0 Å². The van der Waals surface area contributed by atoms with E-state index in [1.165, 1.54) is 10.4 Å². The highest BCUT2D eigenvalue weighted by atomic mass is 79.9. The first kappa shape index (κ1) is 20.4. The summed E-state index contributed by atoms with van der Waals surface area (Å²) >= 11 is 4.98. The largest absolute Gasteiger partial charge is 0.352 e. The van der Waals surface area contributed by atoms with Crippen LogP contribution in [0.2, 0.25) is 0 Å². The summed E-state index contributed by atoms with van der Waals surface area (Å²) in [4.78, 5) is 13.0. The molecule has 2 aromatic rings. The Morgan fingerprint density at radius 1 is 1.19 bits per heavy atom. The van der Waals surface area contributed by atoms with Crippen molar-refractivity contribution in [2.75, 3.05) is 19.6 Å². The van der Waals surface area contributed by atoms with Crippen molar-refractivity contribution in [3.63, 3.8) is 0 Å². The normalized spacial score (nSPS) is 15.6. The molecule has 0 radical (unpaired) electrons. The molecule has 27 heavy (non-hydrogen) atoms. The maximum absolute atomic E-state index is 14.2. The second-order valence-electron chi connectivity index (χ2n) is 6.32. The molecule has 0 bridgehead atoms. The van der Waals surface area contributed by atoms with Crippen LogP contribution in [-0.2, 0) is 16.4 Å². The van der Waals surface area contributed by atoms with E-state index in [-0.39, 0.29) is 5.56 Å². The van der Waals surface area contributed by atoms with Gasteiger partial charge in [-0.25, -0.2) is 12.8 Å². The molecule has 2 heterocycles. The van der Waals surface area contributed by atoms with Crippen LogP contribution in [0.1, 0.15) is 34.5 Å². The number of thiophene rings is 1. The first-order valence-corrected chi connectivity index (χ1v) is 11.7. The molecule has 146 valence electrons. The summed E-state index contributed by atoms with van der Waals surface area (Å²) in [7, 11) is -3.93. The minimum Gasteiger partial charge on any atom is -0.352 e. The molecule has 5 nitrogen and oxygen atoms in total. The quantitative estimate of drug-likeness (QED) is 0.692. The van der Waals surface area contributed by atoms with Gasteiger partial charge in [0.2, 0.25) is 10.0 Å². The third kappa shape index (κ3) is 4.96. The summed E-state index contributed by atoms with van der Waals surface area (Å²) in [6.07, 6.45) is 3.17. The topological polar surface area (TPSA) is 66.5 Å². The lowest BCUT2D eigenvalue weighted by atomic mass is 10.2. The second kappa shape index (κ2) is 8.81. The minimum absolute atomic E-state index is 0.138. The Balaban J connectivity index is 1.71. The predicted octanol–water partition coefficient (Wildman–Crippen LogP) is 3.80. The van der Waals surface area contributed by atoms with Crippen LogP contribution in [0, 0.1) is 5.82 Å². The summed E-state index contributed by atoms with van der Waals surface area (Å²) in [5.41, 5.74) is 0.138.